The molecule has 0 bridgehead atoms. The molecule has 9 heteroatoms. The summed E-state index contributed by atoms with van der Waals surface area (Å²) in [5.41, 5.74) is 2.54. The first-order chi connectivity index (χ1) is 13.5. The summed E-state index contributed by atoms with van der Waals surface area (Å²) in [6.07, 6.45) is 1.21. The summed E-state index contributed by atoms with van der Waals surface area (Å²) < 4.78 is 32.9. The van der Waals surface area contributed by atoms with Crippen molar-refractivity contribution in [1.82, 2.24) is 15.5 Å². The van der Waals surface area contributed by atoms with Crippen molar-refractivity contribution in [3.63, 3.8) is 0 Å². The van der Waals surface area contributed by atoms with E-state index in [9.17, 15) is 8.42 Å². The standard InChI is InChI=1S/C19H32N4O4S/c1-20-19(21-7-10-26-13-14-28(2,24)25)22-15-17-5-3-4-6-18(17)16-23-8-11-27-12-9-23/h3-6H,7-16H2,1-2H3,(H2,20,21,22). The van der Waals surface area contributed by atoms with Gasteiger partial charge in [-0.05, 0) is 11.1 Å². The van der Waals surface area contributed by atoms with Crippen molar-refractivity contribution in [2.24, 2.45) is 4.99 Å². The molecule has 0 amide bonds. The molecule has 1 saturated heterocycles. The number of ether oxygens (including phenoxy) is 2. The molecule has 2 N–H and O–H groups in total. The molecular formula is C19H32N4O4S. The first-order valence-corrected chi connectivity index (χ1v) is 11.6. The molecule has 0 unspecified atom stereocenters. The number of sulfone groups is 1. The summed E-state index contributed by atoms with van der Waals surface area (Å²) in [7, 11) is -1.26. The second-order valence-corrected chi connectivity index (χ2v) is 9.01. The fraction of sp³-hybridized carbons (Fsp3) is 0.632. The van der Waals surface area contributed by atoms with Crippen LogP contribution in [0.4, 0.5) is 0 Å². The van der Waals surface area contributed by atoms with Crippen LogP contribution in [-0.2, 0) is 32.4 Å². The molecule has 0 saturated carbocycles. The lowest BCUT2D eigenvalue weighted by Crippen LogP contribution is -2.39. The SMILES string of the molecule is CN=C(NCCOCCS(C)(=O)=O)NCc1ccccc1CN1CCOCC1. The number of rotatable bonds is 10. The average Bonchev–Trinajstić information content (AvgIpc) is 2.68. The summed E-state index contributed by atoms with van der Waals surface area (Å²) in [6, 6.07) is 8.41. The van der Waals surface area contributed by atoms with Crippen LogP contribution in [0.3, 0.4) is 0 Å². The smallest absolute Gasteiger partial charge is 0.191 e. The van der Waals surface area contributed by atoms with Gasteiger partial charge in [0.2, 0.25) is 0 Å². The van der Waals surface area contributed by atoms with Gasteiger partial charge in [0.25, 0.3) is 0 Å². The lowest BCUT2D eigenvalue weighted by Gasteiger charge is -2.27. The Morgan fingerprint density at radius 1 is 1.18 bits per heavy atom. The van der Waals surface area contributed by atoms with Crippen molar-refractivity contribution in [3.05, 3.63) is 35.4 Å². The first-order valence-electron chi connectivity index (χ1n) is 9.55. The van der Waals surface area contributed by atoms with Crippen molar-refractivity contribution >= 4 is 15.8 Å². The van der Waals surface area contributed by atoms with Crippen molar-refractivity contribution in [2.75, 3.05) is 65.1 Å². The number of morpholine rings is 1. The zero-order valence-corrected chi connectivity index (χ0v) is 17.6. The zero-order chi connectivity index (χ0) is 20.2. The topological polar surface area (TPSA) is 92.3 Å². The van der Waals surface area contributed by atoms with E-state index < -0.39 is 9.84 Å². The number of hydrogen-bond acceptors (Lipinski definition) is 6. The van der Waals surface area contributed by atoms with Crippen LogP contribution in [-0.4, -0.2) is 84.4 Å². The van der Waals surface area contributed by atoms with E-state index in [0.29, 0.717) is 25.7 Å². The van der Waals surface area contributed by atoms with E-state index in [0.717, 1.165) is 32.8 Å². The van der Waals surface area contributed by atoms with E-state index in [4.69, 9.17) is 9.47 Å². The normalized spacial score (nSPS) is 16.1. The minimum atomic E-state index is -2.98. The number of guanidine groups is 1. The van der Waals surface area contributed by atoms with Gasteiger partial charge >= 0.3 is 0 Å². The highest BCUT2D eigenvalue weighted by molar-refractivity contribution is 7.90. The van der Waals surface area contributed by atoms with Crippen LogP contribution in [0.5, 0.6) is 0 Å². The van der Waals surface area contributed by atoms with Crippen LogP contribution >= 0.6 is 0 Å². The van der Waals surface area contributed by atoms with Crippen molar-refractivity contribution in [1.29, 1.82) is 0 Å². The van der Waals surface area contributed by atoms with Gasteiger partial charge < -0.3 is 20.1 Å². The number of nitrogens with one attached hydrogen (secondary N) is 2. The third-order valence-corrected chi connectivity index (χ3v) is 5.33. The minimum absolute atomic E-state index is 0.0416. The van der Waals surface area contributed by atoms with Gasteiger partial charge in [0.1, 0.15) is 9.84 Å². The van der Waals surface area contributed by atoms with Crippen LogP contribution < -0.4 is 10.6 Å². The Labute approximate surface area is 168 Å². The summed E-state index contributed by atoms with van der Waals surface area (Å²) in [6.45, 7) is 6.29. The molecule has 0 aromatic heterocycles. The van der Waals surface area contributed by atoms with Crippen molar-refractivity contribution in [3.8, 4) is 0 Å². The number of benzene rings is 1. The third-order valence-electron chi connectivity index (χ3n) is 4.42. The molecule has 0 aliphatic carbocycles. The van der Waals surface area contributed by atoms with Crippen LogP contribution in [0.2, 0.25) is 0 Å². The second-order valence-electron chi connectivity index (χ2n) is 6.75. The summed E-state index contributed by atoms with van der Waals surface area (Å²) in [4.78, 5) is 6.63. The largest absolute Gasteiger partial charge is 0.379 e. The fourth-order valence-corrected chi connectivity index (χ4v) is 3.26. The quantitative estimate of drug-likeness (QED) is 0.323. The highest BCUT2D eigenvalue weighted by Gasteiger charge is 2.12. The van der Waals surface area contributed by atoms with E-state index in [1.807, 2.05) is 6.07 Å². The summed E-state index contributed by atoms with van der Waals surface area (Å²) in [5.74, 6) is 0.729. The van der Waals surface area contributed by atoms with E-state index in [-0.39, 0.29) is 12.4 Å². The predicted molar refractivity (Wildman–Crippen MR) is 111 cm³/mol. The third kappa shape index (κ3) is 9.01. The molecule has 28 heavy (non-hydrogen) atoms. The maximum absolute atomic E-state index is 11.1. The molecule has 8 nitrogen and oxygen atoms in total. The highest BCUT2D eigenvalue weighted by atomic mass is 32.2. The molecule has 1 aromatic carbocycles. The molecule has 2 rings (SSSR count). The molecule has 1 heterocycles. The Bertz CT molecular complexity index is 718. The molecule has 0 spiro atoms. The van der Waals surface area contributed by atoms with Crippen LogP contribution in [0.15, 0.2) is 29.3 Å². The Morgan fingerprint density at radius 2 is 1.89 bits per heavy atom. The Balaban J connectivity index is 1.74. The van der Waals surface area contributed by atoms with Gasteiger partial charge in [-0.1, -0.05) is 24.3 Å². The van der Waals surface area contributed by atoms with Gasteiger partial charge in [-0.3, -0.25) is 9.89 Å². The first kappa shape index (κ1) is 22.6. The molecule has 0 atom stereocenters. The maximum atomic E-state index is 11.1. The molecule has 158 valence electrons. The maximum Gasteiger partial charge on any atom is 0.191 e. The van der Waals surface area contributed by atoms with E-state index >= 15 is 0 Å². The number of nitrogens with zero attached hydrogens (tertiary/aromatic N) is 2. The Morgan fingerprint density at radius 3 is 2.57 bits per heavy atom. The van der Waals surface area contributed by atoms with E-state index in [1.165, 1.54) is 17.4 Å². The average molecular weight is 413 g/mol. The molecule has 1 aliphatic heterocycles. The van der Waals surface area contributed by atoms with Gasteiger partial charge in [-0.2, -0.15) is 0 Å². The van der Waals surface area contributed by atoms with Crippen molar-refractivity contribution in [2.45, 2.75) is 13.1 Å². The molecule has 1 aliphatic rings. The second kappa shape index (κ2) is 12.0. The lowest BCUT2D eigenvalue weighted by molar-refractivity contribution is 0.0341. The summed E-state index contributed by atoms with van der Waals surface area (Å²) >= 11 is 0. The molecule has 1 fully saturated rings. The Hall–Kier alpha value is -1.68. The van der Waals surface area contributed by atoms with Gasteiger partial charge in [-0.25, -0.2) is 8.42 Å². The van der Waals surface area contributed by atoms with Gasteiger partial charge in [0, 0.05) is 46.0 Å². The van der Waals surface area contributed by atoms with Crippen molar-refractivity contribution < 1.29 is 17.9 Å². The monoisotopic (exact) mass is 412 g/mol. The van der Waals surface area contributed by atoms with Crippen LogP contribution in [0, 0.1) is 0 Å². The summed E-state index contributed by atoms with van der Waals surface area (Å²) in [5, 5.41) is 6.50. The fourth-order valence-electron chi connectivity index (χ4n) is 2.84. The van der Waals surface area contributed by atoms with Gasteiger partial charge in [0.05, 0.1) is 32.2 Å². The van der Waals surface area contributed by atoms with Crippen LogP contribution in [0.1, 0.15) is 11.1 Å². The minimum Gasteiger partial charge on any atom is -0.379 e. The van der Waals surface area contributed by atoms with E-state index in [2.05, 4.69) is 38.7 Å². The molecule has 1 aromatic rings. The lowest BCUT2D eigenvalue weighted by atomic mass is 10.1. The highest BCUT2D eigenvalue weighted by Crippen LogP contribution is 2.12. The van der Waals surface area contributed by atoms with Gasteiger partial charge in [0.15, 0.2) is 5.96 Å². The van der Waals surface area contributed by atoms with Crippen LogP contribution in [0.25, 0.3) is 0 Å². The van der Waals surface area contributed by atoms with E-state index in [1.54, 1.807) is 7.05 Å². The number of aliphatic imine (C=N–C) groups is 1. The van der Waals surface area contributed by atoms with Gasteiger partial charge in [-0.15, -0.1) is 0 Å². The predicted octanol–water partition coefficient (Wildman–Crippen LogP) is 0.245. The molecule has 0 radical (unpaired) electrons. The zero-order valence-electron chi connectivity index (χ0n) is 16.8. The molecular weight excluding hydrogens is 380 g/mol. The number of hydrogen-bond donors (Lipinski definition) is 2. The Kier molecular flexibility index (Phi) is 9.69.